The Hall–Kier alpha value is -1.72. The number of rotatable bonds is 4. The summed E-state index contributed by atoms with van der Waals surface area (Å²) in [6.45, 7) is 3.87. The number of hydrogen-bond acceptors (Lipinski definition) is 3. The quantitative estimate of drug-likeness (QED) is 0.839. The van der Waals surface area contributed by atoms with Crippen molar-refractivity contribution in [2.75, 3.05) is 10.5 Å². The van der Waals surface area contributed by atoms with Crippen LogP contribution in [0.4, 0.5) is 11.4 Å². The van der Waals surface area contributed by atoms with Crippen LogP contribution in [0.1, 0.15) is 25.3 Å². The van der Waals surface area contributed by atoms with Gasteiger partial charge in [0.05, 0.1) is 4.90 Å². The van der Waals surface area contributed by atoms with E-state index < -0.39 is 10.0 Å². The van der Waals surface area contributed by atoms with Crippen molar-refractivity contribution in [3.63, 3.8) is 0 Å². The third-order valence-corrected chi connectivity index (χ3v) is 4.73. The van der Waals surface area contributed by atoms with E-state index in [1.807, 2.05) is 13.8 Å². The smallest absolute Gasteiger partial charge is 0.262 e. The molecule has 0 heterocycles. The fourth-order valence-electron chi connectivity index (χ4n) is 1.99. The van der Waals surface area contributed by atoms with Gasteiger partial charge in [0.1, 0.15) is 0 Å². The minimum Gasteiger partial charge on any atom is -0.399 e. The molecule has 2 rings (SSSR count). The summed E-state index contributed by atoms with van der Waals surface area (Å²) < 4.78 is 27.7. The second-order valence-corrected chi connectivity index (χ2v) is 7.15. The molecule has 0 saturated heterocycles. The van der Waals surface area contributed by atoms with Crippen LogP contribution in [-0.2, 0) is 10.0 Å². The molecule has 0 amide bonds. The number of nitrogen functional groups attached to an aromatic ring is 1. The summed E-state index contributed by atoms with van der Waals surface area (Å²) in [4.78, 5) is 0.201. The molecule has 0 atom stereocenters. The van der Waals surface area contributed by atoms with Gasteiger partial charge in [-0.25, -0.2) is 8.42 Å². The van der Waals surface area contributed by atoms with Crippen molar-refractivity contribution in [3.05, 3.63) is 53.1 Å². The Morgan fingerprint density at radius 3 is 2.29 bits per heavy atom. The first-order chi connectivity index (χ1) is 9.79. The van der Waals surface area contributed by atoms with E-state index in [0.717, 1.165) is 5.56 Å². The Balaban J connectivity index is 2.44. The zero-order valence-corrected chi connectivity index (χ0v) is 13.4. The van der Waals surface area contributed by atoms with Gasteiger partial charge in [-0.1, -0.05) is 31.5 Å². The fourth-order valence-corrected chi connectivity index (χ4v) is 3.58. The van der Waals surface area contributed by atoms with Crippen LogP contribution < -0.4 is 10.5 Å². The van der Waals surface area contributed by atoms with Gasteiger partial charge in [0.2, 0.25) is 0 Å². The van der Waals surface area contributed by atoms with E-state index in [0.29, 0.717) is 16.4 Å². The van der Waals surface area contributed by atoms with Crippen LogP contribution in [0.3, 0.4) is 0 Å². The predicted octanol–water partition coefficient (Wildman–Crippen LogP) is 3.85. The summed E-state index contributed by atoms with van der Waals surface area (Å²) in [6, 6.07) is 11.4. The van der Waals surface area contributed by atoms with Crippen molar-refractivity contribution in [1.82, 2.24) is 0 Å². The molecular formula is C15H17ClN2O2S. The molecule has 3 N–H and O–H groups in total. The van der Waals surface area contributed by atoms with E-state index in [4.69, 9.17) is 17.3 Å². The Kier molecular flexibility index (Phi) is 4.44. The number of nitrogens with two attached hydrogens (primary N) is 1. The second kappa shape index (κ2) is 5.95. The van der Waals surface area contributed by atoms with Gasteiger partial charge in [-0.15, -0.1) is 0 Å². The molecule has 0 aliphatic rings. The van der Waals surface area contributed by atoms with Crippen molar-refractivity contribution < 1.29 is 8.42 Å². The van der Waals surface area contributed by atoms with Crippen molar-refractivity contribution in [1.29, 1.82) is 0 Å². The monoisotopic (exact) mass is 324 g/mol. The average Bonchev–Trinajstić information content (AvgIpc) is 2.41. The normalized spacial score (nSPS) is 11.6. The summed E-state index contributed by atoms with van der Waals surface area (Å²) in [5, 5.41) is 0.546. The van der Waals surface area contributed by atoms with E-state index >= 15 is 0 Å². The Labute approximate surface area is 130 Å². The largest absolute Gasteiger partial charge is 0.399 e. The second-order valence-electron chi connectivity index (χ2n) is 5.06. The third kappa shape index (κ3) is 3.68. The number of hydrogen-bond donors (Lipinski definition) is 2. The molecule has 0 radical (unpaired) electrons. The van der Waals surface area contributed by atoms with Gasteiger partial charge >= 0.3 is 0 Å². The third-order valence-electron chi connectivity index (χ3n) is 3.05. The van der Waals surface area contributed by atoms with Crippen LogP contribution in [0.15, 0.2) is 47.4 Å². The highest BCUT2D eigenvalue weighted by Crippen LogP contribution is 2.27. The van der Waals surface area contributed by atoms with Crippen molar-refractivity contribution in [3.8, 4) is 0 Å². The summed E-state index contributed by atoms with van der Waals surface area (Å²) in [6.07, 6.45) is 0. The summed E-state index contributed by atoms with van der Waals surface area (Å²) in [7, 11) is -3.70. The summed E-state index contributed by atoms with van der Waals surface area (Å²) >= 11 is 5.79. The molecule has 0 saturated carbocycles. The first-order valence-corrected chi connectivity index (χ1v) is 8.33. The van der Waals surface area contributed by atoms with Crippen LogP contribution in [0.25, 0.3) is 0 Å². The van der Waals surface area contributed by atoms with Gasteiger partial charge in [0.25, 0.3) is 10.0 Å². The molecule has 0 fully saturated rings. The van der Waals surface area contributed by atoms with Gasteiger partial charge in [-0.05, 0) is 47.9 Å². The first kappa shape index (κ1) is 15.7. The van der Waals surface area contributed by atoms with Gasteiger partial charge < -0.3 is 5.73 Å². The number of anilines is 2. The maximum atomic E-state index is 12.6. The zero-order valence-electron chi connectivity index (χ0n) is 11.8. The lowest BCUT2D eigenvalue weighted by molar-refractivity contribution is 0.599. The molecule has 0 aliphatic carbocycles. The highest BCUT2D eigenvalue weighted by atomic mass is 35.5. The molecule has 0 spiro atoms. The first-order valence-electron chi connectivity index (χ1n) is 6.47. The molecule has 0 unspecified atom stereocenters. The molecule has 2 aromatic rings. The number of nitrogens with one attached hydrogen (secondary N) is 1. The van der Waals surface area contributed by atoms with Crippen LogP contribution in [0.5, 0.6) is 0 Å². The maximum absolute atomic E-state index is 12.6. The van der Waals surface area contributed by atoms with Crippen LogP contribution in [0, 0.1) is 0 Å². The highest BCUT2D eigenvalue weighted by molar-refractivity contribution is 7.92. The Morgan fingerprint density at radius 1 is 1.10 bits per heavy atom. The lowest BCUT2D eigenvalue weighted by Crippen LogP contribution is -2.16. The molecule has 112 valence electrons. The minimum absolute atomic E-state index is 0.0717. The van der Waals surface area contributed by atoms with E-state index in [1.54, 1.807) is 36.4 Å². The van der Waals surface area contributed by atoms with E-state index in [-0.39, 0.29) is 10.8 Å². The van der Waals surface area contributed by atoms with Crippen molar-refractivity contribution in [2.45, 2.75) is 24.7 Å². The topological polar surface area (TPSA) is 72.2 Å². The average molecular weight is 325 g/mol. The molecule has 21 heavy (non-hydrogen) atoms. The van der Waals surface area contributed by atoms with Crippen LogP contribution in [0.2, 0.25) is 5.02 Å². The van der Waals surface area contributed by atoms with Crippen LogP contribution >= 0.6 is 11.6 Å². The summed E-state index contributed by atoms with van der Waals surface area (Å²) in [5.41, 5.74) is 7.32. The van der Waals surface area contributed by atoms with E-state index in [2.05, 4.69) is 4.72 Å². The van der Waals surface area contributed by atoms with Gasteiger partial charge in [0.15, 0.2) is 0 Å². The molecule has 0 aromatic heterocycles. The van der Waals surface area contributed by atoms with E-state index in [9.17, 15) is 8.42 Å². The highest BCUT2D eigenvalue weighted by Gasteiger charge is 2.20. The van der Waals surface area contributed by atoms with E-state index in [1.165, 1.54) is 6.07 Å². The number of halogens is 1. The van der Waals surface area contributed by atoms with Gasteiger partial charge in [0, 0.05) is 16.4 Å². The van der Waals surface area contributed by atoms with Crippen molar-refractivity contribution >= 4 is 33.0 Å². The minimum atomic E-state index is -3.70. The zero-order chi connectivity index (χ0) is 15.6. The Morgan fingerprint density at radius 2 is 1.71 bits per heavy atom. The Bertz CT molecular complexity index is 741. The van der Waals surface area contributed by atoms with Gasteiger partial charge in [-0.2, -0.15) is 0 Å². The number of benzene rings is 2. The molecule has 4 nitrogen and oxygen atoms in total. The lowest BCUT2D eigenvalue weighted by atomic mass is 10.0. The SMILES string of the molecule is CC(C)c1ccc(N)cc1S(=O)(=O)Nc1ccc(Cl)cc1. The molecule has 0 bridgehead atoms. The lowest BCUT2D eigenvalue weighted by Gasteiger charge is -2.15. The molecule has 0 aliphatic heterocycles. The predicted molar refractivity (Wildman–Crippen MR) is 87.2 cm³/mol. The van der Waals surface area contributed by atoms with Gasteiger partial charge in [-0.3, -0.25) is 4.72 Å². The number of sulfonamides is 1. The molecule has 6 heteroatoms. The maximum Gasteiger partial charge on any atom is 0.262 e. The fraction of sp³-hybridized carbons (Fsp3) is 0.200. The molecular weight excluding hydrogens is 308 g/mol. The molecule has 2 aromatic carbocycles. The van der Waals surface area contributed by atoms with Crippen LogP contribution in [-0.4, -0.2) is 8.42 Å². The summed E-state index contributed by atoms with van der Waals surface area (Å²) in [5.74, 6) is 0.0717. The standard InChI is InChI=1S/C15H17ClN2O2S/c1-10(2)14-8-5-12(17)9-15(14)21(19,20)18-13-6-3-11(16)4-7-13/h3-10,18H,17H2,1-2H3. The van der Waals surface area contributed by atoms with Crippen molar-refractivity contribution in [2.24, 2.45) is 0 Å².